The average Bonchev–Trinajstić information content (AvgIpc) is 3.32. The zero-order valence-electron chi connectivity index (χ0n) is 15.6. The van der Waals surface area contributed by atoms with Crippen LogP contribution in [0.15, 0.2) is 47.8 Å². The van der Waals surface area contributed by atoms with Gasteiger partial charge in [0.1, 0.15) is 17.4 Å². The fourth-order valence-electron chi connectivity index (χ4n) is 3.35. The van der Waals surface area contributed by atoms with Gasteiger partial charge in [0.15, 0.2) is 0 Å². The quantitative estimate of drug-likeness (QED) is 0.713. The highest BCUT2D eigenvalue weighted by molar-refractivity contribution is 7.13. The Kier molecular flexibility index (Phi) is 5.25. The predicted molar refractivity (Wildman–Crippen MR) is 110 cm³/mol. The van der Waals surface area contributed by atoms with E-state index in [1.165, 1.54) is 0 Å². The van der Waals surface area contributed by atoms with Crippen LogP contribution in [0.25, 0.3) is 16.3 Å². The van der Waals surface area contributed by atoms with Gasteiger partial charge in [0.2, 0.25) is 5.91 Å². The van der Waals surface area contributed by atoms with Crippen LogP contribution in [0.2, 0.25) is 0 Å². The van der Waals surface area contributed by atoms with Gasteiger partial charge in [-0.1, -0.05) is 18.2 Å². The largest absolute Gasteiger partial charge is 0.354 e. The Balaban J connectivity index is 1.70. The van der Waals surface area contributed by atoms with E-state index in [-0.39, 0.29) is 11.8 Å². The van der Waals surface area contributed by atoms with Crippen LogP contribution < -0.4 is 10.6 Å². The molecule has 1 aliphatic heterocycles. The molecule has 3 aromatic rings. The minimum atomic E-state index is -0.513. The van der Waals surface area contributed by atoms with Gasteiger partial charge in [0.05, 0.1) is 10.6 Å². The Morgan fingerprint density at radius 1 is 1.25 bits per heavy atom. The van der Waals surface area contributed by atoms with Crippen molar-refractivity contribution in [2.24, 2.45) is 0 Å². The molecule has 0 spiro atoms. The summed E-state index contributed by atoms with van der Waals surface area (Å²) >= 11 is 1.58. The second kappa shape index (κ2) is 7.98. The number of nitrogens with one attached hydrogen (secondary N) is 2. The molecular weight excluding hydrogens is 372 g/mol. The van der Waals surface area contributed by atoms with Crippen LogP contribution in [0.5, 0.6) is 0 Å². The summed E-state index contributed by atoms with van der Waals surface area (Å²) in [4.78, 5) is 26.3. The zero-order chi connectivity index (χ0) is 19.5. The first-order valence-electron chi connectivity index (χ1n) is 9.41. The van der Waals surface area contributed by atoms with Crippen molar-refractivity contribution >= 4 is 23.2 Å². The SMILES string of the molecule is Cc1cccc(-n2nc(-c3cccs3)cc2C(=O)NC2CCCCNC2=O)c1. The summed E-state index contributed by atoms with van der Waals surface area (Å²) in [6, 6.07) is 13.1. The summed E-state index contributed by atoms with van der Waals surface area (Å²) in [5, 5.41) is 12.4. The molecule has 1 atom stereocenters. The lowest BCUT2D eigenvalue weighted by molar-refractivity contribution is -0.122. The minimum Gasteiger partial charge on any atom is -0.354 e. The van der Waals surface area contributed by atoms with E-state index in [0.29, 0.717) is 18.7 Å². The van der Waals surface area contributed by atoms with Crippen molar-refractivity contribution in [3.63, 3.8) is 0 Å². The standard InChI is InChI=1S/C21H22N4O2S/c1-14-6-4-7-15(12-14)25-18(13-17(24-25)19-9-5-11-28-19)21(27)23-16-8-2-3-10-22-20(16)26/h4-7,9,11-13,16H,2-3,8,10H2,1H3,(H,22,26)(H,23,27). The molecule has 3 heterocycles. The summed E-state index contributed by atoms with van der Waals surface area (Å²) in [5.74, 6) is -0.412. The fraction of sp³-hybridized carbons (Fsp3) is 0.286. The number of amides is 2. The van der Waals surface area contributed by atoms with E-state index in [1.807, 2.05) is 48.7 Å². The highest BCUT2D eigenvalue weighted by atomic mass is 32.1. The van der Waals surface area contributed by atoms with E-state index < -0.39 is 6.04 Å². The zero-order valence-corrected chi connectivity index (χ0v) is 16.5. The predicted octanol–water partition coefficient (Wildman–Crippen LogP) is 3.31. The molecule has 2 aromatic heterocycles. The number of benzene rings is 1. The van der Waals surface area contributed by atoms with E-state index in [9.17, 15) is 9.59 Å². The number of hydrogen-bond acceptors (Lipinski definition) is 4. The van der Waals surface area contributed by atoms with E-state index in [4.69, 9.17) is 0 Å². The number of aryl methyl sites for hydroxylation is 1. The van der Waals surface area contributed by atoms with Crippen LogP contribution in [-0.2, 0) is 4.79 Å². The number of thiophene rings is 1. The van der Waals surface area contributed by atoms with E-state index in [1.54, 1.807) is 22.1 Å². The fourth-order valence-corrected chi connectivity index (χ4v) is 4.03. The van der Waals surface area contributed by atoms with Gasteiger partial charge in [-0.15, -0.1) is 11.3 Å². The normalized spacial score (nSPS) is 17.0. The van der Waals surface area contributed by atoms with Gasteiger partial charge >= 0.3 is 0 Å². The van der Waals surface area contributed by atoms with Crippen molar-refractivity contribution in [1.29, 1.82) is 0 Å². The maximum Gasteiger partial charge on any atom is 0.270 e. The topological polar surface area (TPSA) is 76.0 Å². The Morgan fingerprint density at radius 3 is 2.93 bits per heavy atom. The van der Waals surface area contributed by atoms with Gasteiger partial charge in [-0.05, 0) is 61.4 Å². The highest BCUT2D eigenvalue weighted by Crippen LogP contribution is 2.26. The lowest BCUT2D eigenvalue weighted by Gasteiger charge is -2.15. The first-order valence-corrected chi connectivity index (χ1v) is 10.3. The first-order chi connectivity index (χ1) is 13.6. The molecule has 1 saturated heterocycles. The van der Waals surface area contributed by atoms with Gasteiger partial charge in [0.25, 0.3) is 5.91 Å². The molecule has 2 amide bonds. The van der Waals surface area contributed by atoms with Gasteiger partial charge in [-0.2, -0.15) is 5.10 Å². The van der Waals surface area contributed by atoms with E-state index in [0.717, 1.165) is 34.7 Å². The molecule has 0 saturated carbocycles. The lowest BCUT2D eigenvalue weighted by Crippen LogP contribution is -2.45. The summed E-state index contributed by atoms with van der Waals surface area (Å²) in [6.45, 7) is 2.66. The molecule has 1 aliphatic rings. The van der Waals surface area contributed by atoms with Crippen molar-refractivity contribution in [3.05, 3.63) is 59.1 Å². The van der Waals surface area contributed by atoms with E-state index >= 15 is 0 Å². The Hall–Kier alpha value is -2.93. The molecule has 1 unspecified atom stereocenters. The van der Waals surface area contributed by atoms with Crippen LogP contribution >= 0.6 is 11.3 Å². The van der Waals surface area contributed by atoms with Gasteiger partial charge in [0, 0.05) is 6.54 Å². The van der Waals surface area contributed by atoms with Gasteiger partial charge in [-0.25, -0.2) is 4.68 Å². The molecular formula is C21H22N4O2S. The summed E-state index contributed by atoms with van der Waals surface area (Å²) in [7, 11) is 0. The molecule has 2 N–H and O–H groups in total. The molecule has 1 aromatic carbocycles. The third-order valence-electron chi connectivity index (χ3n) is 4.80. The third-order valence-corrected chi connectivity index (χ3v) is 5.69. The summed E-state index contributed by atoms with van der Waals surface area (Å²) in [6.07, 6.45) is 2.48. The number of carbonyl (C=O) groups is 2. The maximum atomic E-state index is 13.1. The summed E-state index contributed by atoms with van der Waals surface area (Å²) < 4.78 is 1.66. The third kappa shape index (κ3) is 3.84. The molecule has 0 aliphatic carbocycles. The monoisotopic (exact) mass is 394 g/mol. The number of aromatic nitrogens is 2. The smallest absolute Gasteiger partial charge is 0.270 e. The second-order valence-corrected chi connectivity index (χ2v) is 7.90. The minimum absolute atomic E-state index is 0.119. The number of rotatable bonds is 4. The number of nitrogens with zero attached hydrogens (tertiary/aromatic N) is 2. The Bertz CT molecular complexity index is 994. The first kappa shape index (κ1) is 18.4. The van der Waals surface area contributed by atoms with Crippen molar-refractivity contribution in [2.45, 2.75) is 32.2 Å². The van der Waals surface area contributed by atoms with Crippen LogP contribution in [0.4, 0.5) is 0 Å². The molecule has 1 fully saturated rings. The molecule has 0 radical (unpaired) electrons. The van der Waals surface area contributed by atoms with Gasteiger partial charge < -0.3 is 10.6 Å². The highest BCUT2D eigenvalue weighted by Gasteiger charge is 2.25. The maximum absolute atomic E-state index is 13.1. The Labute approximate surface area is 167 Å². The van der Waals surface area contributed by atoms with Crippen molar-refractivity contribution < 1.29 is 9.59 Å². The van der Waals surface area contributed by atoms with Crippen LogP contribution in [-0.4, -0.2) is 34.2 Å². The molecule has 4 rings (SSSR count). The van der Waals surface area contributed by atoms with Gasteiger partial charge in [-0.3, -0.25) is 9.59 Å². The molecule has 7 heteroatoms. The molecule has 6 nitrogen and oxygen atoms in total. The number of hydrogen-bond donors (Lipinski definition) is 2. The summed E-state index contributed by atoms with van der Waals surface area (Å²) in [5.41, 5.74) is 3.07. The Morgan fingerprint density at radius 2 is 2.14 bits per heavy atom. The lowest BCUT2D eigenvalue weighted by atomic mass is 10.1. The van der Waals surface area contributed by atoms with Crippen LogP contribution in [0, 0.1) is 6.92 Å². The van der Waals surface area contributed by atoms with E-state index in [2.05, 4.69) is 15.7 Å². The van der Waals surface area contributed by atoms with Crippen molar-refractivity contribution in [3.8, 4) is 16.3 Å². The van der Waals surface area contributed by atoms with Crippen molar-refractivity contribution in [2.75, 3.05) is 6.54 Å². The second-order valence-electron chi connectivity index (χ2n) is 6.96. The number of carbonyl (C=O) groups excluding carboxylic acids is 2. The molecule has 144 valence electrons. The molecule has 28 heavy (non-hydrogen) atoms. The molecule has 0 bridgehead atoms. The van der Waals surface area contributed by atoms with Crippen LogP contribution in [0.1, 0.15) is 35.3 Å². The average molecular weight is 395 g/mol. The van der Waals surface area contributed by atoms with Crippen LogP contribution in [0.3, 0.4) is 0 Å². The van der Waals surface area contributed by atoms with Crippen molar-refractivity contribution in [1.82, 2.24) is 20.4 Å².